The van der Waals surface area contributed by atoms with Crippen molar-refractivity contribution in [1.82, 2.24) is 10.6 Å². The number of rotatable bonds is 7. The highest BCUT2D eigenvalue weighted by molar-refractivity contribution is 7.80. The fourth-order valence-corrected chi connectivity index (χ4v) is 2.49. The first-order chi connectivity index (χ1) is 11.6. The number of ether oxygens (including phenoxy) is 1. The fourth-order valence-electron chi connectivity index (χ4n) is 2.27. The Balaban J connectivity index is 2.20. The minimum Gasteiger partial charge on any atom is -0.435 e. The molecule has 0 aliphatic carbocycles. The average Bonchev–Trinajstić information content (AvgIpc) is 2.59. The van der Waals surface area contributed by atoms with Gasteiger partial charge in [-0.25, -0.2) is 0 Å². The Morgan fingerprint density at radius 3 is 2.25 bits per heavy atom. The molecule has 0 amide bonds. The number of thiocarbonyl (C=S) groups is 1. The maximum absolute atomic E-state index is 12.3. The van der Waals surface area contributed by atoms with Crippen LogP contribution in [0.2, 0.25) is 0 Å². The number of hydrogen-bond acceptors (Lipinski definition) is 2. The topological polar surface area (TPSA) is 33.3 Å². The molecule has 0 radical (unpaired) electrons. The lowest BCUT2D eigenvalue weighted by Crippen LogP contribution is -2.38. The molecule has 2 rings (SSSR count). The molecule has 0 saturated carbocycles. The maximum atomic E-state index is 12.3. The molecule has 0 heterocycles. The van der Waals surface area contributed by atoms with Crippen LogP contribution in [0.4, 0.5) is 8.78 Å². The van der Waals surface area contributed by atoms with Gasteiger partial charge < -0.3 is 15.4 Å². The summed E-state index contributed by atoms with van der Waals surface area (Å²) < 4.78 is 28.9. The van der Waals surface area contributed by atoms with Crippen LogP contribution in [0.3, 0.4) is 0 Å². The van der Waals surface area contributed by atoms with Crippen LogP contribution in [0.15, 0.2) is 54.6 Å². The quantitative estimate of drug-likeness (QED) is 0.732. The largest absolute Gasteiger partial charge is 0.435 e. The Bertz CT molecular complexity index is 635. The molecule has 0 saturated heterocycles. The van der Waals surface area contributed by atoms with E-state index in [4.69, 9.17) is 12.2 Å². The van der Waals surface area contributed by atoms with Gasteiger partial charge >= 0.3 is 6.61 Å². The molecule has 128 valence electrons. The molecule has 2 N–H and O–H groups in total. The first-order valence-electron chi connectivity index (χ1n) is 7.74. The lowest BCUT2D eigenvalue weighted by Gasteiger charge is -2.22. The molecule has 0 aliphatic heterocycles. The predicted octanol–water partition coefficient (Wildman–Crippen LogP) is 4.25. The molecule has 1 atom stereocenters. The summed E-state index contributed by atoms with van der Waals surface area (Å²) in [7, 11) is 0. The van der Waals surface area contributed by atoms with Gasteiger partial charge in [0.15, 0.2) is 5.11 Å². The highest BCUT2D eigenvalue weighted by Crippen LogP contribution is 2.24. The number of benzene rings is 2. The molecule has 0 unspecified atom stereocenters. The maximum Gasteiger partial charge on any atom is 0.387 e. The van der Waals surface area contributed by atoms with E-state index >= 15 is 0 Å². The predicted molar refractivity (Wildman–Crippen MR) is 95.4 cm³/mol. The molecule has 2 aromatic rings. The van der Waals surface area contributed by atoms with Gasteiger partial charge in [-0.2, -0.15) is 8.78 Å². The van der Waals surface area contributed by atoms with Crippen LogP contribution in [0, 0.1) is 0 Å². The van der Waals surface area contributed by atoms with E-state index < -0.39 is 6.61 Å². The molecule has 0 aromatic heterocycles. The SMILES string of the molecule is CCCNC(=S)N[C@H](c1ccccc1)c1ccc(OC(F)F)cc1. The van der Waals surface area contributed by atoms with Crippen LogP contribution >= 0.6 is 12.2 Å². The monoisotopic (exact) mass is 350 g/mol. The second-order valence-electron chi connectivity index (χ2n) is 5.19. The molecule has 6 heteroatoms. The Hall–Kier alpha value is -2.21. The van der Waals surface area contributed by atoms with E-state index in [1.54, 1.807) is 12.1 Å². The second-order valence-corrected chi connectivity index (χ2v) is 5.60. The third-order valence-electron chi connectivity index (χ3n) is 3.38. The molecule has 0 fully saturated rings. The van der Waals surface area contributed by atoms with E-state index in [9.17, 15) is 8.78 Å². The third-order valence-corrected chi connectivity index (χ3v) is 3.64. The molecule has 0 aliphatic rings. The van der Waals surface area contributed by atoms with Gasteiger partial charge in [0, 0.05) is 6.54 Å². The zero-order chi connectivity index (χ0) is 17.4. The lowest BCUT2D eigenvalue weighted by atomic mass is 9.99. The Morgan fingerprint density at radius 1 is 1.04 bits per heavy atom. The van der Waals surface area contributed by atoms with E-state index in [0.29, 0.717) is 5.11 Å². The summed E-state index contributed by atoms with van der Waals surface area (Å²) in [5.41, 5.74) is 1.93. The van der Waals surface area contributed by atoms with Crippen molar-refractivity contribution in [3.05, 3.63) is 65.7 Å². The second kappa shape index (κ2) is 9.17. The molecule has 3 nitrogen and oxygen atoms in total. The fraction of sp³-hybridized carbons (Fsp3) is 0.278. The molecule has 0 spiro atoms. The number of hydrogen-bond donors (Lipinski definition) is 2. The van der Waals surface area contributed by atoms with Gasteiger partial charge in [0.2, 0.25) is 0 Å². The zero-order valence-corrected chi connectivity index (χ0v) is 14.2. The highest BCUT2D eigenvalue weighted by Gasteiger charge is 2.15. The minimum absolute atomic E-state index is 0.132. The minimum atomic E-state index is -2.83. The third kappa shape index (κ3) is 5.45. The Labute approximate surface area is 146 Å². The van der Waals surface area contributed by atoms with Gasteiger partial charge in [0.1, 0.15) is 5.75 Å². The molecule has 0 bridgehead atoms. The van der Waals surface area contributed by atoms with Crippen LogP contribution in [0.1, 0.15) is 30.5 Å². The van der Waals surface area contributed by atoms with Gasteiger partial charge in [-0.3, -0.25) is 0 Å². The summed E-state index contributed by atoms with van der Waals surface area (Å²) >= 11 is 5.33. The van der Waals surface area contributed by atoms with E-state index in [1.165, 1.54) is 12.1 Å². The smallest absolute Gasteiger partial charge is 0.387 e. The first-order valence-corrected chi connectivity index (χ1v) is 8.15. The molecular weight excluding hydrogens is 330 g/mol. The van der Waals surface area contributed by atoms with E-state index in [-0.39, 0.29) is 11.8 Å². The van der Waals surface area contributed by atoms with E-state index in [1.807, 2.05) is 30.3 Å². The van der Waals surface area contributed by atoms with Gasteiger partial charge in [0.05, 0.1) is 6.04 Å². The van der Waals surface area contributed by atoms with Gasteiger partial charge in [-0.1, -0.05) is 49.4 Å². The van der Waals surface area contributed by atoms with Crippen molar-refractivity contribution in [2.24, 2.45) is 0 Å². The summed E-state index contributed by atoms with van der Waals surface area (Å²) in [6, 6.07) is 16.2. The summed E-state index contributed by atoms with van der Waals surface area (Å²) in [6.07, 6.45) is 0.970. The number of halogens is 2. The first kappa shape index (κ1) is 18.1. The van der Waals surface area contributed by atoms with Crippen LogP contribution < -0.4 is 15.4 Å². The van der Waals surface area contributed by atoms with Crippen LogP contribution in [-0.4, -0.2) is 18.3 Å². The number of nitrogens with one attached hydrogen (secondary N) is 2. The van der Waals surface area contributed by atoms with Crippen molar-refractivity contribution in [2.45, 2.75) is 26.0 Å². The zero-order valence-electron chi connectivity index (χ0n) is 13.3. The molecule has 24 heavy (non-hydrogen) atoms. The highest BCUT2D eigenvalue weighted by atomic mass is 32.1. The van der Waals surface area contributed by atoms with E-state index in [0.717, 1.165) is 24.1 Å². The Kier molecular flexibility index (Phi) is 6.93. The van der Waals surface area contributed by atoms with Gasteiger partial charge in [-0.15, -0.1) is 0 Å². The van der Waals surface area contributed by atoms with E-state index in [2.05, 4.69) is 22.3 Å². The van der Waals surface area contributed by atoms with Crippen molar-refractivity contribution in [1.29, 1.82) is 0 Å². The van der Waals surface area contributed by atoms with Crippen LogP contribution in [0.5, 0.6) is 5.75 Å². The van der Waals surface area contributed by atoms with Crippen molar-refractivity contribution < 1.29 is 13.5 Å². The summed E-state index contributed by atoms with van der Waals surface area (Å²) in [5, 5.41) is 6.97. The lowest BCUT2D eigenvalue weighted by molar-refractivity contribution is -0.0498. The van der Waals surface area contributed by atoms with Gasteiger partial charge in [-0.05, 0) is 41.9 Å². The summed E-state index contributed by atoms with van der Waals surface area (Å²) in [4.78, 5) is 0. The van der Waals surface area contributed by atoms with Crippen molar-refractivity contribution >= 4 is 17.3 Å². The average molecular weight is 350 g/mol. The number of alkyl halides is 2. The van der Waals surface area contributed by atoms with Gasteiger partial charge in [0.25, 0.3) is 0 Å². The summed E-state index contributed by atoms with van der Waals surface area (Å²) in [6.45, 7) is 0.0188. The van der Waals surface area contributed by atoms with Crippen molar-refractivity contribution in [2.75, 3.05) is 6.54 Å². The van der Waals surface area contributed by atoms with Crippen molar-refractivity contribution in [3.63, 3.8) is 0 Å². The molecular formula is C18H20F2N2OS. The molecule has 2 aromatic carbocycles. The normalized spacial score (nSPS) is 11.8. The van der Waals surface area contributed by atoms with Crippen LogP contribution in [-0.2, 0) is 0 Å². The standard InChI is InChI=1S/C18H20F2N2OS/c1-2-12-21-18(24)22-16(13-6-4-3-5-7-13)14-8-10-15(11-9-14)23-17(19)20/h3-11,16-17H,2,12H2,1H3,(H2,21,22,24)/t16-/m1/s1. The van der Waals surface area contributed by atoms with Crippen molar-refractivity contribution in [3.8, 4) is 5.75 Å². The Morgan fingerprint density at radius 2 is 1.67 bits per heavy atom. The summed E-state index contributed by atoms with van der Waals surface area (Å²) in [5.74, 6) is 0.132. The van der Waals surface area contributed by atoms with Crippen LogP contribution in [0.25, 0.3) is 0 Å².